The molecule has 0 bridgehead atoms. The molecule has 2 N–H and O–H groups in total. The van der Waals surface area contributed by atoms with E-state index in [-0.39, 0.29) is 11.3 Å². The Labute approximate surface area is 126 Å². The minimum absolute atomic E-state index is 0.0484. The Balaban J connectivity index is 2.23. The van der Waals surface area contributed by atoms with Gasteiger partial charge >= 0.3 is 0 Å². The molecule has 2 aromatic heterocycles. The van der Waals surface area contributed by atoms with E-state index in [2.05, 4.69) is 11.9 Å². The fraction of sp³-hybridized carbons (Fsp3) is 0.462. The largest absolute Gasteiger partial charge is 0.437 e. The number of thiophene rings is 1. The lowest BCUT2D eigenvalue weighted by molar-refractivity contribution is 0.429. The molecule has 0 amide bonds. The van der Waals surface area contributed by atoms with Crippen LogP contribution in [0.4, 0.5) is 0 Å². The van der Waals surface area contributed by atoms with Gasteiger partial charge in [0.05, 0.1) is 15.3 Å². The molecular formula is C13H17ClN2OS2. The van der Waals surface area contributed by atoms with Crippen molar-refractivity contribution in [2.24, 2.45) is 5.73 Å². The van der Waals surface area contributed by atoms with Crippen molar-refractivity contribution in [1.29, 1.82) is 0 Å². The monoisotopic (exact) mass is 316 g/mol. The number of aryl methyl sites for hydroxylation is 2. The summed E-state index contributed by atoms with van der Waals surface area (Å²) in [7, 11) is 0. The Morgan fingerprint density at radius 3 is 2.68 bits per heavy atom. The maximum absolute atomic E-state index is 6.22. The van der Waals surface area contributed by atoms with Crippen LogP contribution in [0.15, 0.2) is 21.8 Å². The zero-order valence-corrected chi connectivity index (χ0v) is 13.5. The highest BCUT2D eigenvalue weighted by Gasteiger charge is 2.24. The molecule has 0 radical (unpaired) electrons. The van der Waals surface area contributed by atoms with Crippen LogP contribution < -0.4 is 5.73 Å². The first-order valence-electron chi connectivity index (χ1n) is 6.12. The highest BCUT2D eigenvalue weighted by atomic mass is 35.5. The van der Waals surface area contributed by atoms with Crippen molar-refractivity contribution in [2.45, 2.75) is 43.7 Å². The smallest absolute Gasteiger partial charge is 0.256 e. The van der Waals surface area contributed by atoms with E-state index < -0.39 is 0 Å². The SMILES string of the molecule is CCC(N)C(Sc1nc(C)c(C)o1)c1ccc(Cl)s1. The Kier molecular flexibility index (Phi) is 4.95. The fourth-order valence-electron chi connectivity index (χ4n) is 1.65. The first-order valence-corrected chi connectivity index (χ1v) is 8.20. The summed E-state index contributed by atoms with van der Waals surface area (Å²) in [5.74, 6) is 0.857. The lowest BCUT2D eigenvalue weighted by Crippen LogP contribution is -2.25. The molecule has 2 heterocycles. The van der Waals surface area contributed by atoms with Crippen molar-refractivity contribution in [3.05, 3.63) is 32.8 Å². The molecule has 2 unspecified atom stereocenters. The summed E-state index contributed by atoms with van der Waals surface area (Å²) in [5.41, 5.74) is 7.15. The molecule has 0 aliphatic rings. The average Bonchev–Trinajstić information content (AvgIpc) is 2.93. The van der Waals surface area contributed by atoms with Gasteiger partial charge in [-0.3, -0.25) is 0 Å². The number of thioether (sulfide) groups is 1. The van der Waals surface area contributed by atoms with Crippen LogP contribution in [0.3, 0.4) is 0 Å². The second-order valence-electron chi connectivity index (χ2n) is 4.37. The quantitative estimate of drug-likeness (QED) is 0.820. The third kappa shape index (κ3) is 3.54. The molecule has 0 aliphatic carbocycles. The van der Waals surface area contributed by atoms with E-state index in [1.165, 1.54) is 0 Å². The minimum atomic E-state index is 0.0484. The van der Waals surface area contributed by atoms with Gasteiger partial charge in [0.2, 0.25) is 0 Å². The Morgan fingerprint density at radius 2 is 2.21 bits per heavy atom. The summed E-state index contributed by atoms with van der Waals surface area (Å²) in [6.07, 6.45) is 0.895. The van der Waals surface area contributed by atoms with Gasteiger partial charge in [0, 0.05) is 10.9 Å². The molecule has 0 saturated heterocycles. The summed E-state index contributed by atoms with van der Waals surface area (Å²) in [4.78, 5) is 5.58. The van der Waals surface area contributed by atoms with E-state index >= 15 is 0 Å². The van der Waals surface area contributed by atoms with Crippen molar-refractivity contribution in [3.63, 3.8) is 0 Å². The zero-order valence-electron chi connectivity index (χ0n) is 11.1. The van der Waals surface area contributed by atoms with Gasteiger partial charge in [-0.05, 0) is 32.4 Å². The van der Waals surface area contributed by atoms with Crippen LogP contribution in [0.1, 0.15) is 34.9 Å². The molecule has 6 heteroatoms. The van der Waals surface area contributed by atoms with Crippen molar-refractivity contribution in [3.8, 4) is 0 Å². The van der Waals surface area contributed by atoms with Gasteiger partial charge in [-0.25, -0.2) is 4.98 Å². The van der Waals surface area contributed by atoms with Crippen LogP contribution in [0, 0.1) is 13.8 Å². The van der Waals surface area contributed by atoms with Gasteiger partial charge in [-0.1, -0.05) is 30.3 Å². The highest BCUT2D eigenvalue weighted by Crippen LogP contribution is 2.41. The van der Waals surface area contributed by atoms with Crippen molar-refractivity contribution in [2.75, 3.05) is 0 Å². The third-order valence-corrected chi connectivity index (χ3v) is 5.67. The number of rotatable bonds is 5. The lowest BCUT2D eigenvalue weighted by Gasteiger charge is -2.19. The summed E-state index contributed by atoms with van der Waals surface area (Å²) >= 11 is 9.15. The van der Waals surface area contributed by atoms with E-state index in [1.54, 1.807) is 23.1 Å². The number of nitrogens with zero attached hydrogens (tertiary/aromatic N) is 1. The first-order chi connectivity index (χ1) is 9.01. The number of nitrogens with two attached hydrogens (primary N) is 1. The molecule has 0 fully saturated rings. The maximum atomic E-state index is 6.22. The average molecular weight is 317 g/mol. The molecule has 0 aromatic carbocycles. The van der Waals surface area contributed by atoms with E-state index in [0.717, 1.165) is 27.1 Å². The predicted octanol–water partition coefficient (Wildman–Crippen LogP) is 4.58. The minimum Gasteiger partial charge on any atom is -0.437 e. The van der Waals surface area contributed by atoms with Gasteiger partial charge in [-0.15, -0.1) is 11.3 Å². The highest BCUT2D eigenvalue weighted by molar-refractivity contribution is 7.99. The van der Waals surface area contributed by atoms with E-state index in [4.69, 9.17) is 21.8 Å². The van der Waals surface area contributed by atoms with Gasteiger partial charge in [0.1, 0.15) is 5.76 Å². The molecule has 0 spiro atoms. The molecule has 3 nitrogen and oxygen atoms in total. The molecule has 19 heavy (non-hydrogen) atoms. The van der Waals surface area contributed by atoms with Crippen LogP contribution in [-0.4, -0.2) is 11.0 Å². The van der Waals surface area contributed by atoms with E-state index in [0.29, 0.717) is 5.22 Å². The van der Waals surface area contributed by atoms with Crippen molar-refractivity contribution < 1.29 is 4.42 Å². The molecule has 2 aromatic rings. The van der Waals surface area contributed by atoms with Crippen molar-refractivity contribution >= 4 is 34.7 Å². The van der Waals surface area contributed by atoms with Crippen LogP contribution in [0.5, 0.6) is 0 Å². The number of hydrogen-bond acceptors (Lipinski definition) is 5. The Morgan fingerprint density at radius 1 is 1.47 bits per heavy atom. The van der Waals surface area contributed by atoms with Crippen LogP contribution in [0.25, 0.3) is 0 Å². The standard InChI is InChI=1S/C13H17ClN2OS2/c1-4-9(15)12(10-5-6-11(14)18-10)19-13-16-7(2)8(3)17-13/h5-6,9,12H,4,15H2,1-3H3. The zero-order chi connectivity index (χ0) is 14.0. The van der Waals surface area contributed by atoms with Crippen LogP contribution >= 0.6 is 34.7 Å². The summed E-state index contributed by atoms with van der Waals surface area (Å²) in [5, 5.41) is 0.799. The third-order valence-electron chi connectivity index (χ3n) is 2.97. The number of hydrogen-bond donors (Lipinski definition) is 1. The molecule has 2 atom stereocenters. The normalized spacial score (nSPS) is 14.6. The van der Waals surface area contributed by atoms with Crippen molar-refractivity contribution in [1.82, 2.24) is 4.98 Å². The fourth-order valence-corrected chi connectivity index (χ4v) is 4.20. The molecule has 0 aliphatic heterocycles. The van der Waals surface area contributed by atoms with E-state index in [9.17, 15) is 0 Å². The number of oxazole rings is 1. The van der Waals surface area contributed by atoms with Gasteiger partial charge in [0.25, 0.3) is 5.22 Å². The van der Waals surface area contributed by atoms with E-state index in [1.807, 2.05) is 26.0 Å². The molecule has 104 valence electrons. The van der Waals surface area contributed by atoms with Gasteiger partial charge in [0.15, 0.2) is 0 Å². The molecule has 2 rings (SSSR count). The van der Waals surface area contributed by atoms with Crippen LogP contribution in [-0.2, 0) is 0 Å². The second-order valence-corrected chi connectivity index (χ2v) is 7.21. The molecular weight excluding hydrogens is 300 g/mol. The number of halogens is 1. The number of aromatic nitrogens is 1. The first kappa shape index (κ1) is 14.9. The second kappa shape index (κ2) is 6.31. The topological polar surface area (TPSA) is 52.0 Å². The Hall–Kier alpha value is -0.490. The summed E-state index contributed by atoms with van der Waals surface area (Å²) in [6.45, 7) is 5.95. The van der Waals surface area contributed by atoms with Gasteiger partial charge < -0.3 is 10.2 Å². The summed E-state index contributed by atoms with van der Waals surface area (Å²) in [6, 6.07) is 3.99. The molecule has 0 saturated carbocycles. The lowest BCUT2D eigenvalue weighted by atomic mass is 10.1. The van der Waals surface area contributed by atoms with Gasteiger partial charge in [-0.2, -0.15) is 0 Å². The van der Waals surface area contributed by atoms with Crippen LogP contribution in [0.2, 0.25) is 4.34 Å². The predicted molar refractivity (Wildman–Crippen MR) is 82.2 cm³/mol. The maximum Gasteiger partial charge on any atom is 0.256 e. The Bertz CT molecular complexity index is 533. The summed E-state index contributed by atoms with van der Waals surface area (Å²) < 4.78 is 6.42.